The number of nitrogen functional groups attached to an aromatic ring is 1. The van der Waals surface area contributed by atoms with E-state index in [2.05, 4.69) is 14.8 Å². The van der Waals surface area contributed by atoms with Gasteiger partial charge in [-0.2, -0.15) is 4.98 Å². The van der Waals surface area contributed by atoms with Crippen LogP contribution in [-0.4, -0.2) is 68.1 Å². The molecule has 2 aliphatic heterocycles. The quantitative estimate of drug-likeness (QED) is 0.624. The van der Waals surface area contributed by atoms with Crippen molar-refractivity contribution in [3.63, 3.8) is 0 Å². The Kier molecular flexibility index (Phi) is 8.77. The van der Waals surface area contributed by atoms with Gasteiger partial charge in [0.25, 0.3) is 0 Å². The Morgan fingerprint density at radius 1 is 1.12 bits per heavy atom. The van der Waals surface area contributed by atoms with Crippen molar-refractivity contribution < 1.29 is 9.47 Å². The number of pyridine rings is 1. The summed E-state index contributed by atoms with van der Waals surface area (Å²) >= 11 is 0. The molecule has 1 aliphatic carbocycles. The highest BCUT2D eigenvalue weighted by Gasteiger charge is 2.35. The lowest BCUT2D eigenvalue weighted by molar-refractivity contribution is 0.122. The number of nitrogens with zero attached hydrogens (tertiary/aromatic N) is 3. The van der Waals surface area contributed by atoms with Crippen LogP contribution in [0.15, 0.2) is 36.4 Å². The number of ether oxygens (including phenoxy) is 2. The Labute approximate surface area is 203 Å². The van der Waals surface area contributed by atoms with Gasteiger partial charge in [-0.3, -0.25) is 4.90 Å². The van der Waals surface area contributed by atoms with Crippen molar-refractivity contribution in [1.82, 2.24) is 9.88 Å². The first-order valence-electron chi connectivity index (χ1n) is 12.7. The van der Waals surface area contributed by atoms with Crippen LogP contribution in [0, 0.1) is 18.3 Å². The Balaban J connectivity index is 0.000000257. The third-order valence-corrected chi connectivity index (χ3v) is 7.14. The molecule has 0 radical (unpaired) electrons. The third kappa shape index (κ3) is 6.70. The van der Waals surface area contributed by atoms with Crippen LogP contribution >= 0.6 is 0 Å². The summed E-state index contributed by atoms with van der Waals surface area (Å²) in [6, 6.07) is 12.6. The molecule has 0 amide bonds. The summed E-state index contributed by atoms with van der Waals surface area (Å²) in [5, 5.41) is 6.92. The summed E-state index contributed by atoms with van der Waals surface area (Å²) in [5.41, 5.74) is 9.24. The van der Waals surface area contributed by atoms with Gasteiger partial charge >= 0.3 is 0 Å². The summed E-state index contributed by atoms with van der Waals surface area (Å²) in [6.45, 7) is 8.22. The van der Waals surface area contributed by atoms with Gasteiger partial charge in [0.1, 0.15) is 12.4 Å². The molecular formula is C27H39N5O2. The van der Waals surface area contributed by atoms with E-state index >= 15 is 0 Å². The van der Waals surface area contributed by atoms with E-state index in [1.54, 1.807) is 0 Å². The second-order valence-corrected chi connectivity index (χ2v) is 9.53. The molecule has 1 aromatic heterocycles. The molecule has 2 aromatic rings. The minimum atomic E-state index is 0.521. The van der Waals surface area contributed by atoms with Crippen LogP contribution in [0.2, 0.25) is 0 Å². The molecule has 2 unspecified atom stereocenters. The first-order valence-corrected chi connectivity index (χ1v) is 12.7. The van der Waals surface area contributed by atoms with Gasteiger partial charge in [0.2, 0.25) is 5.88 Å². The number of nitrogens with two attached hydrogens (primary N) is 1. The van der Waals surface area contributed by atoms with Gasteiger partial charge in [0.15, 0.2) is 0 Å². The van der Waals surface area contributed by atoms with E-state index in [0.717, 1.165) is 56.1 Å². The topological polar surface area (TPSA) is 87.7 Å². The minimum Gasteiger partial charge on any atom is -0.476 e. The smallest absolute Gasteiger partial charge is 0.217 e. The van der Waals surface area contributed by atoms with Crippen molar-refractivity contribution in [3.8, 4) is 5.88 Å². The molecular weight excluding hydrogens is 426 g/mol. The largest absolute Gasteiger partial charge is 0.476 e. The number of anilines is 2. The van der Waals surface area contributed by atoms with Gasteiger partial charge in [0.05, 0.1) is 13.2 Å². The standard InChI is InChI=1S/C19H30N4O2.C8H9N/c20-18-13-16(22-7-10-24-11-8-22)14-19(21-18)25-12-9-23-6-5-15-3-1-2-4-17(15)23;1-7-3-2-4-8(5-7)6-9/h13-15,17H,1-12H2,(H2,20,21);2-6,9H,1H3. The molecule has 3 N–H and O–H groups in total. The van der Waals surface area contributed by atoms with E-state index in [1.165, 1.54) is 50.4 Å². The maximum Gasteiger partial charge on any atom is 0.217 e. The molecule has 5 rings (SSSR count). The second kappa shape index (κ2) is 12.2. The minimum absolute atomic E-state index is 0.521. The lowest BCUT2D eigenvalue weighted by Gasteiger charge is -2.31. The molecule has 1 saturated carbocycles. The van der Waals surface area contributed by atoms with E-state index in [4.69, 9.17) is 20.6 Å². The summed E-state index contributed by atoms with van der Waals surface area (Å²) in [4.78, 5) is 9.26. The zero-order valence-electron chi connectivity index (χ0n) is 20.4. The average molecular weight is 466 g/mol. The zero-order valence-corrected chi connectivity index (χ0v) is 20.4. The van der Waals surface area contributed by atoms with Crippen molar-refractivity contribution in [2.75, 3.05) is 56.6 Å². The third-order valence-electron chi connectivity index (χ3n) is 7.14. The first-order chi connectivity index (χ1) is 16.6. The van der Waals surface area contributed by atoms with Gasteiger partial charge in [-0.15, -0.1) is 0 Å². The summed E-state index contributed by atoms with van der Waals surface area (Å²) in [6.07, 6.45) is 8.31. The van der Waals surface area contributed by atoms with Crippen molar-refractivity contribution in [1.29, 1.82) is 5.41 Å². The predicted molar refractivity (Wildman–Crippen MR) is 138 cm³/mol. The highest BCUT2D eigenvalue weighted by atomic mass is 16.5. The molecule has 7 nitrogen and oxygen atoms in total. The van der Waals surface area contributed by atoms with Crippen LogP contribution in [0.25, 0.3) is 0 Å². The lowest BCUT2D eigenvalue weighted by atomic mass is 9.85. The molecule has 0 spiro atoms. The number of aryl methyl sites for hydroxylation is 1. The highest BCUT2D eigenvalue weighted by molar-refractivity contribution is 5.76. The Morgan fingerprint density at radius 2 is 1.94 bits per heavy atom. The van der Waals surface area contributed by atoms with Gasteiger partial charge in [-0.1, -0.05) is 42.7 Å². The van der Waals surface area contributed by atoms with E-state index in [0.29, 0.717) is 18.3 Å². The number of rotatable bonds is 6. The van der Waals surface area contributed by atoms with Crippen molar-refractivity contribution in [2.45, 2.75) is 45.1 Å². The van der Waals surface area contributed by atoms with E-state index in [9.17, 15) is 0 Å². The number of likely N-dealkylation sites (tertiary alicyclic amines) is 1. The summed E-state index contributed by atoms with van der Waals surface area (Å²) in [7, 11) is 0. The number of aromatic nitrogens is 1. The molecule has 3 heterocycles. The second-order valence-electron chi connectivity index (χ2n) is 9.53. The fraction of sp³-hybridized carbons (Fsp3) is 0.556. The van der Waals surface area contributed by atoms with Crippen molar-refractivity contribution in [2.24, 2.45) is 5.92 Å². The van der Waals surface area contributed by atoms with Crippen LogP contribution in [0.3, 0.4) is 0 Å². The van der Waals surface area contributed by atoms with E-state index in [1.807, 2.05) is 43.3 Å². The van der Waals surface area contributed by atoms with Crippen LogP contribution in [0.5, 0.6) is 5.88 Å². The maximum absolute atomic E-state index is 6.92. The number of hydrogen-bond acceptors (Lipinski definition) is 7. The summed E-state index contributed by atoms with van der Waals surface area (Å²) in [5.74, 6) is 2.08. The number of morpholine rings is 1. The highest BCUT2D eigenvalue weighted by Crippen LogP contribution is 2.35. The SMILES string of the molecule is Cc1cccc(C=N)c1.Nc1cc(N2CCOCC2)cc(OCCN2CCC3CCCCC32)n1. The molecule has 2 atom stereocenters. The fourth-order valence-corrected chi connectivity index (χ4v) is 5.40. The molecule has 1 aromatic carbocycles. The first kappa shape index (κ1) is 24.5. The van der Waals surface area contributed by atoms with Crippen LogP contribution in [0.4, 0.5) is 11.5 Å². The van der Waals surface area contributed by atoms with E-state index in [-0.39, 0.29) is 0 Å². The normalized spacial score (nSPS) is 22.4. The lowest BCUT2D eigenvalue weighted by Crippen LogP contribution is -2.37. The molecule has 184 valence electrons. The van der Waals surface area contributed by atoms with Gasteiger partial charge in [-0.25, -0.2) is 0 Å². The monoisotopic (exact) mass is 465 g/mol. The predicted octanol–water partition coefficient (Wildman–Crippen LogP) is 4.14. The Morgan fingerprint density at radius 3 is 2.71 bits per heavy atom. The number of fused-ring (bicyclic) bond motifs is 1. The molecule has 2 saturated heterocycles. The zero-order chi connectivity index (χ0) is 23.8. The number of hydrogen-bond donors (Lipinski definition) is 2. The van der Waals surface area contributed by atoms with Gasteiger partial charge < -0.3 is 25.5 Å². The number of benzene rings is 1. The fourth-order valence-electron chi connectivity index (χ4n) is 5.40. The molecule has 7 heteroatoms. The maximum atomic E-state index is 6.92. The molecule has 3 aliphatic rings. The number of nitrogens with one attached hydrogen (secondary N) is 1. The Bertz CT molecular complexity index is 931. The molecule has 0 bridgehead atoms. The molecule has 34 heavy (non-hydrogen) atoms. The van der Waals surface area contributed by atoms with Gasteiger partial charge in [0, 0.05) is 49.7 Å². The van der Waals surface area contributed by atoms with Crippen LogP contribution in [0.1, 0.15) is 43.2 Å². The Hall–Kier alpha value is -2.64. The van der Waals surface area contributed by atoms with E-state index < -0.39 is 0 Å². The van der Waals surface area contributed by atoms with Crippen molar-refractivity contribution >= 4 is 17.7 Å². The van der Waals surface area contributed by atoms with Gasteiger partial charge in [-0.05, 0) is 44.2 Å². The molecule has 3 fully saturated rings. The summed E-state index contributed by atoms with van der Waals surface area (Å²) < 4.78 is 11.4. The average Bonchev–Trinajstić information content (AvgIpc) is 3.28. The van der Waals surface area contributed by atoms with Crippen molar-refractivity contribution in [3.05, 3.63) is 47.5 Å². The van der Waals surface area contributed by atoms with Crippen LogP contribution < -0.4 is 15.4 Å². The van der Waals surface area contributed by atoms with Crippen LogP contribution in [-0.2, 0) is 4.74 Å².